The minimum Gasteiger partial charge on any atom is -0.497 e. The third kappa shape index (κ3) is 8.64. The van der Waals surface area contributed by atoms with Crippen LogP contribution in [-0.4, -0.2) is 81.6 Å². The van der Waals surface area contributed by atoms with Gasteiger partial charge in [-0.05, 0) is 86.6 Å². The van der Waals surface area contributed by atoms with Gasteiger partial charge in [0.2, 0.25) is 0 Å². The Labute approximate surface area is 330 Å². The zero-order chi connectivity index (χ0) is 40.6. The highest BCUT2D eigenvalue weighted by Crippen LogP contribution is 2.59. The van der Waals surface area contributed by atoms with Crippen molar-refractivity contribution in [2.24, 2.45) is 23.2 Å². The van der Waals surface area contributed by atoms with E-state index in [0.29, 0.717) is 12.8 Å². The number of methoxy groups -OCH3 is 2. The summed E-state index contributed by atoms with van der Waals surface area (Å²) in [6.07, 6.45) is -0.0735. The third-order valence-electron chi connectivity index (χ3n) is 13.6. The van der Waals surface area contributed by atoms with Gasteiger partial charge in [0.1, 0.15) is 29.5 Å². The monoisotopic (exact) mass is 782 g/mol. The molecule has 2 aromatic rings. The predicted molar refractivity (Wildman–Crippen MR) is 213 cm³/mol. The van der Waals surface area contributed by atoms with Crippen molar-refractivity contribution in [1.82, 2.24) is 0 Å². The molecule has 8 atom stereocenters. The van der Waals surface area contributed by atoms with E-state index in [4.69, 9.17) is 32.8 Å². The van der Waals surface area contributed by atoms with Crippen molar-refractivity contribution in [3.05, 3.63) is 59.7 Å². The summed E-state index contributed by atoms with van der Waals surface area (Å²) in [5.74, 6) is -1.18. The molecule has 0 unspecified atom stereocenters. The van der Waals surface area contributed by atoms with Crippen LogP contribution < -0.4 is 9.47 Å². The molecule has 1 heterocycles. The first-order chi connectivity index (χ1) is 25.6. The lowest BCUT2D eigenvalue weighted by Gasteiger charge is -2.51. The van der Waals surface area contributed by atoms with Gasteiger partial charge in [0.05, 0.1) is 51.8 Å². The number of benzene rings is 2. The molecular formula is C44H66O10Si. The van der Waals surface area contributed by atoms with Gasteiger partial charge >= 0.3 is 0 Å². The summed E-state index contributed by atoms with van der Waals surface area (Å²) < 4.78 is 44.9. The summed E-state index contributed by atoms with van der Waals surface area (Å²) in [7, 11) is 0.739. The van der Waals surface area contributed by atoms with Crippen LogP contribution >= 0.6 is 0 Å². The van der Waals surface area contributed by atoms with Gasteiger partial charge < -0.3 is 42.7 Å². The van der Waals surface area contributed by atoms with Crippen molar-refractivity contribution >= 4 is 20.4 Å². The van der Waals surface area contributed by atoms with Gasteiger partial charge in [-0.15, -0.1) is 0 Å². The molecule has 0 spiro atoms. The van der Waals surface area contributed by atoms with E-state index in [0.717, 1.165) is 28.9 Å². The Morgan fingerprint density at radius 2 is 1.49 bits per heavy atom. The van der Waals surface area contributed by atoms with Crippen LogP contribution in [0.15, 0.2) is 48.5 Å². The summed E-state index contributed by atoms with van der Waals surface area (Å²) in [5.41, 5.74) is -1.53. The first-order valence-electron chi connectivity index (χ1n) is 19.9. The van der Waals surface area contributed by atoms with Crippen molar-refractivity contribution in [2.45, 2.75) is 148 Å². The van der Waals surface area contributed by atoms with E-state index in [1.54, 1.807) is 14.2 Å². The zero-order valence-electron chi connectivity index (χ0n) is 35.2. The van der Waals surface area contributed by atoms with Crippen LogP contribution in [0.5, 0.6) is 11.5 Å². The van der Waals surface area contributed by atoms with Gasteiger partial charge in [0.15, 0.2) is 19.9 Å². The maximum Gasteiger partial charge on any atom is 0.192 e. The first kappa shape index (κ1) is 43.5. The number of carbonyl (C=O) groups is 2. The molecule has 10 nitrogen and oxygen atoms in total. The molecule has 55 heavy (non-hydrogen) atoms. The Kier molecular flexibility index (Phi) is 12.9. The van der Waals surface area contributed by atoms with Crippen molar-refractivity contribution in [1.29, 1.82) is 0 Å². The molecule has 1 N–H and O–H groups in total. The second-order valence-corrected chi connectivity index (χ2v) is 23.3. The van der Waals surface area contributed by atoms with Crippen LogP contribution in [0.1, 0.15) is 92.2 Å². The molecule has 3 fully saturated rings. The molecule has 1 saturated heterocycles. The lowest BCUT2D eigenvalue weighted by Crippen LogP contribution is -2.61. The molecule has 3 aliphatic rings. The van der Waals surface area contributed by atoms with Crippen LogP contribution in [0.25, 0.3) is 0 Å². The quantitative estimate of drug-likeness (QED) is 0.149. The fraction of sp³-hybridized carbons (Fsp3) is 0.682. The van der Waals surface area contributed by atoms with Gasteiger partial charge in [-0.3, -0.25) is 4.79 Å². The fourth-order valence-corrected chi connectivity index (χ4v) is 10.3. The maximum absolute atomic E-state index is 15.3. The Morgan fingerprint density at radius 3 is 1.98 bits per heavy atom. The van der Waals surface area contributed by atoms with E-state index in [1.165, 1.54) is 0 Å². The number of carbonyl (C=O) groups excluding carboxylic acids is 2. The van der Waals surface area contributed by atoms with Gasteiger partial charge in [0.25, 0.3) is 0 Å². The minimum absolute atomic E-state index is 0.0105. The molecule has 1 aliphatic heterocycles. The summed E-state index contributed by atoms with van der Waals surface area (Å²) in [5, 5.41) is 13.1. The molecule has 2 saturated carbocycles. The number of hydrogen-bond donors (Lipinski definition) is 1. The van der Waals surface area contributed by atoms with Gasteiger partial charge in [-0.25, -0.2) is 0 Å². The highest BCUT2D eigenvalue weighted by molar-refractivity contribution is 6.74. The molecule has 5 rings (SSSR count). The highest BCUT2D eigenvalue weighted by atomic mass is 28.4. The molecule has 2 bridgehead atoms. The number of ketones is 1. The summed E-state index contributed by atoms with van der Waals surface area (Å²) >= 11 is 0. The molecule has 2 aromatic carbocycles. The zero-order valence-corrected chi connectivity index (χ0v) is 36.2. The summed E-state index contributed by atoms with van der Waals surface area (Å²) in [6.45, 7) is 21.2. The SMILES string of the molecule is COc1ccc(CO[C@H]2C(=O)[C@H](C)[C@@H]([C@@]3([C@@H](CC=O)OCc4ccc(OC)cc4)COC(C)(C)O3)C[C@@H](O[Si](C)(C)C(C)(C)C)[C@@]3(O)CC[C@H]2C3(C)C)cc1. The smallest absolute Gasteiger partial charge is 0.192 e. The van der Waals surface area contributed by atoms with Crippen molar-refractivity contribution in [2.75, 3.05) is 20.8 Å². The number of Topliss-reactive ketones (excluding diaryl/α,β-unsaturated/α-hetero) is 1. The van der Waals surface area contributed by atoms with Crippen LogP contribution in [0.3, 0.4) is 0 Å². The van der Waals surface area contributed by atoms with Crippen LogP contribution in [0, 0.1) is 23.2 Å². The second kappa shape index (κ2) is 16.3. The average molecular weight is 783 g/mol. The lowest BCUT2D eigenvalue weighted by atomic mass is 9.67. The number of aliphatic hydroxyl groups is 1. The Balaban J connectivity index is 1.64. The van der Waals surface area contributed by atoms with Gasteiger partial charge in [-0.1, -0.05) is 65.8 Å². The standard InChI is InChI=1S/C44H66O10Si/c1-29-35(43(28-52-42(7,8)54-43)36(22-24-45)50-26-30-13-17-32(48-9)18-14-30)25-37(53-55(11,12)40(2,3)4)44(47)23-21-34(41(44,5)6)39(38(29)46)51-27-31-15-19-33(49-10)20-16-31/h13-20,24,29,34-37,39,47H,21-23,25-28H2,1-12H3/t29-,34-,35+,36-,37-,39-,43-,44+/m1/s1. The van der Waals surface area contributed by atoms with Gasteiger partial charge in [-0.2, -0.15) is 0 Å². The number of aldehydes is 1. The number of fused-ring (bicyclic) bond motifs is 2. The summed E-state index contributed by atoms with van der Waals surface area (Å²) in [6, 6.07) is 15.2. The first-order valence-corrected chi connectivity index (χ1v) is 22.8. The molecule has 0 amide bonds. The van der Waals surface area contributed by atoms with Crippen LogP contribution in [-0.2, 0) is 46.2 Å². The highest BCUT2D eigenvalue weighted by Gasteiger charge is 2.67. The van der Waals surface area contributed by atoms with E-state index in [-0.39, 0.29) is 49.4 Å². The largest absolute Gasteiger partial charge is 0.497 e. The molecule has 11 heteroatoms. The summed E-state index contributed by atoms with van der Waals surface area (Å²) in [4.78, 5) is 27.9. The third-order valence-corrected chi connectivity index (χ3v) is 18.1. The number of hydrogen-bond acceptors (Lipinski definition) is 10. The lowest BCUT2D eigenvalue weighted by molar-refractivity contribution is -0.224. The van der Waals surface area contributed by atoms with Crippen LogP contribution in [0.4, 0.5) is 0 Å². The van der Waals surface area contributed by atoms with Crippen LogP contribution in [0.2, 0.25) is 18.1 Å². The molecule has 0 aromatic heterocycles. The Morgan fingerprint density at radius 1 is 0.927 bits per heavy atom. The molecular weight excluding hydrogens is 717 g/mol. The van der Waals surface area contributed by atoms with Gasteiger partial charge in [0, 0.05) is 29.6 Å². The number of rotatable bonds is 14. The van der Waals surface area contributed by atoms with Crippen molar-refractivity contribution in [3.8, 4) is 11.5 Å². The van der Waals surface area contributed by atoms with E-state index in [2.05, 4.69) is 47.7 Å². The normalized spacial score (nSPS) is 31.3. The predicted octanol–water partition coefficient (Wildman–Crippen LogP) is 8.07. The van der Waals surface area contributed by atoms with E-state index >= 15 is 4.79 Å². The van der Waals surface area contributed by atoms with E-state index in [1.807, 2.05) is 69.3 Å². The Bertz CT molecular complexity index is 1620. The Hall–Kier alpha value is -2.64. The molecule has 0 radical (unpaired) electrons. The van der Waals surface area contributed by atoms with E-state index < -0.39 is 60.9 Å². The topological polar surface area (TPSA) is 119 Å². The molecule has 2 aliphatic carbocycles. The van der Waals surface area contributed by atoms with Crippen molar-refractivity contribution < 1.29 is 47.5 Å². The fourth-order valence-electron chi connectivity index (χ4n) is 8.98. The minimum atomic E-state index is -2.51. The van der Waals surface area contributed by atoms with Crippen molar-refractivity contribution in [3.63, 3.8) is 0 Å². The second-order valence-electron chi connectivity index (χ2n) is 18.6. The average Bonchev–Trinajstić information content (AvgIpc) is 3.59. The van der Waals surface area contributed by atoms with E-state index in [9.17, 15) is 9.90 Å². The maximum atomic E-state index is 15.3. The number of ether oxygens (including phenoxy) is 6. The molecule has 306 valence electrons.